The number of furan rings is 1. The summed E-state index contributed by atoms with van der Waals surface area (Å²) in [7, 11) is 0. The molecule has 0 unspecified atom stereocenters. The Morgan fingerprint density at radius 1 is 1.07 bits per heavy atom. The Labute approximate surface area is 167 Å². The highest BCUT2D eigenvalue weighted by Crippen LogP contribution is 2.26. The maximum absolute atomic E-state index is 12.9. The molecule has 0 aliphatic carbocycles. The minimum atomic E-state index is -0.716. The van der Waals surface area contributed by atoms with Crippen molar-refractivity contribution in [3.05, 3.63) is 94.4 Å². The van der Waals surface area contributed by atoms with Crippen LogP contribution in [0.5, 0.6) is 0 Å². The number of ether oxygens (including phenoxy) is 1. The van der Waals surface area contributed by atoms with Crippen LogP contribution >= 0.6 is 11.6 Å². The zero-order valence-corrected chi connectivity index (χ0v) is 15.8. The summed E-state index contributed by atoms with van der Waals surface area (Å²) in [6.07, 6.45) is 1.84. The Hall–Kier alpha value is -3.05. The van der Waals surface area contributed by atoms with Gasteiger partial charge in [0.2, 0.25) is 0 Å². The number of rotatable bonds is 4. The molecule has 0 fully saturated rings. The average molecular weight is 396 g/mol. The number of benzene rings is 2. The van der Waals surface area contributed by atoms with Gasteiger partial charge in [-0.25, -0.2) is 4.79 Å². The maximum Gasteiger partial charge on any atom is 0.329 e. The van der Waals surface area contributed by atoms with Crippen LogP contribution in [-0.4, -0.2) is 22.8 Å². The fourth-order valence-electron chi connectivity index (χ4n) is 3.37. The lowest BCUT2D eigenvalue weighted by Crippen LogP contribution is -2.49. The van der Waals surface area contributed by atoms with Gasteiger partial charge in [-0.15, -0.1) is 0 Å². The highest BCUT2D eigenvalue weighted by molar-refractivity contribution is 6.30. The molecule has 5 nitrogen and oxygen atoms in total. The van der Waals surface area contributed by atoms with Crippen LogP contribution in [0.3, 0.4) is 0 Å². The third-order valence-corrected chi connectivity index (χ3v) is 5.02. The van der Waals surface area contributed by atoms with Crippen LogP contribution in [0.1, 0.15) is 27.2 Å². The van der Waals surface area contributed by atoms with E-state index in [4.69, 9.17) is 20.8 Å². The summed E-state index contributed by atoms with van der Waals surface area (Å²) in [6, 6.07) is 17.5. The van der Waals surface area contributed by atoms with Gasteiger partial charge in [-0.1, -0.05) is 48.0 Å². The molecule has 1 aliphatic heterocycles. The number of carbonyl (C=O) groups excluding carboxylic acids is 2. The first-order valence-corrected chi connectivity index (χ1v) is 9.32. The van der Waals surface area contributed by atoms with Crippen molar-refractivity contribution in [2.24, 2.45) is 0 Å². The number of carbonyl (C=O) groups is 2. The molecule has 0 bridgehead atoms. The molecule has 0 saturated carbocycles. The Bertz CT molecular complexity index is 999. The van der Waals surface area contributed by atoms with E-state index in [2.05, 4.69) is 0 Å². The van der Waals surface area contributed by atoms with Gasteiger partial charge in [0.25, 0.3) is 5.91 Å². The van der Waals surface area contributed by atoms with Crippen molar-refractivity contribution < 1.29 is 18.7 Å². The number of amides is 1. The zero-order valence-electron chi connectivity index (χ0n) is 15.0. The van der Waals surface area contributed by atoms with Crippen molar-refractivity contribution in [1.29, 1.82) is 0 Å². The summed E-state index contributed by atoms with van der Waals surface area (Å²) in [5.74, 6) is -0.578. The van der Waals surface area contributed by atoms with E-state index in [1.807, 2.05) is 30.3 Å². The van der Waals surface area contributed by atoms with Crippen LogP contribution in [0.25, 0.3) is 0 Å². The van der Waals surface area contributed by atoms with Crippen molar-refractivity contribution in [3.63, 3.8) is 0 Å². The molecule has 0 N–H and O–H groups in total. The third kappa shape index (κ3) is 3.80. The van der Waals surface area contributed by atoms with Crippen LogP contribution in [0.2, 0.25) is 5.02 Å². The van der Waals surface area contributed by atoms with Crippen molar-refractivity contribution in [2.75, 3.05) is 0 Å². The number of hydrogen-bond acceptors (Lipinski definition) is 4. The SMILES string of the molecule is O=C(OCc1cccc(Cl)c1)[C@@H]1Cc2ccccc2CN1C(=O)c1ccco1. The summed E-state index contributed by atoms with van der Waals surface area (Å²) in [5, 5.41) is 0.578. The fourth-order valence-corrected chi connectivity index (χ4v) is 3.58. The summed E-state index contributed by atoms with van der Waals surface area (Å²) in [5.41, 5.74) is 2.85. The number of halogens is 1. The molecule has 28 heavy (non-hydrogen) atoms. The smallest absolute Gasteiger partial charge is 0.329 e. The molecule has 142 valence electrons. The molecule has 0 spiro atoms. The molecule has 2 aromatic carbocycles. The molecule has 1 amide bonds. The molecule has 1 atom stereocenters. The third-order valence-electron chi connectivity index (χ3n) is 4.78. The van der Waals surface area contributed by atoms with Crippen molar-refractivity contribution in [2.45, 2.75) is 25.6 Å². The summed E-state index contributed by atoms with van der Waals surface area (Å²) >= 11 is 5.98. The molecule has 4 rings (SSSR count). The Balaban J connectivity index is 1.56. The molecule has 0 saturated heterocycles. The number of nitrogens with zero attached hydrogens (tertiary/aromatic N) is 1. The van der Waals surface area contributed by atoms with E-state index in [-0.39, 0.29) is 18.3 Å². The summed E-state index contributed by atoms with van der Waals surface area (Å²) < 4.78 is 10.8. The number of hydrogen-bond donors (Lipinski definition) is 0. The molecule has 3 aromatic rings. The summed E-state index contributed by atoms with van der Waals surface area (Å²) in [4.78, 5) is 27.3. The lowest BCUT2D eigenvalue weighted by atomic mass is 9.93. The second-order valence-electron chi connectivity index (χ2n) is 6.64. The van der Waals surface area contributed by atoms with Gasteiger partial charge in [0.1, 0.15) is 12.6 Å². The van der Waals surface area contributed by atoms with E-state index in [0.717, 1.165) is 16.7 Å². The zero-order chi connectivity index (χ0) is 19.5. The normalized spacial score (nSPS) is 15.8. The van der Waals surface area contributed by atoms with Crippen LogP contribution in [0.15, 0.2) is 71.3 Å². The van der Waals surface area contributed by atoms with E-state index in [9.17, 15) is 9.59 Å². The predicted octanol–water partition coefficient (Wildman–Crippen LogP) is 4.24. The van der Waals surface area contributed by atoms with E-state index in [1.54, 1.807) is 30.3 Å². The maximum atomic E-state index is 12.9. The highest BCUT2D eigenvalue weighted by atomic mass is 35.5. The van der Waals surface area contributed by atoms with Crippen molar-refractivity contribution in [1.82, 2.24) is 4.90 Å². The Morgan fingerprint density at radius 3 is 2.64 bits per heavy atom. The second kappa shape index (κ2) is 7.90. The van der Waals surface area contributed by atoms with Gasteiger partial charge in [0.15, 0.2) is 5.76 Å². The molecule has 2 heterocycles. The van der Waals surface area contributed by atoms with Crippen LogP contribution in [0.4, 0.5) is 0 Å². The minimum absolute atomic E-state index is 0.0975. The van der Waals surface area contributed by atoms with Crippen molar-refractivity contribution >= 4 is 23.5 Å². The molecule has 1 aromatic heterocycles. The number of fused-ring (bicyclic) bond motifs is 1. The Morgan fingerprint density at radius 2 is 1.89 bits per heavy atom. The molecular weight excluding hydrogens is 378 g/mol. The van der Waals surface area contributed by atoms with Gasteiger partial charge < -0.3 is 14.1 Å². The van der Waals surface area contributed by atoms with Gasteiger partial charge in [-0.2, -0.15) is 0 Å². The second-order valence-corrected chi connectivity index (χ2v) is 7.07. The standard InChI is InChI=1S/C22H18ClNO4/c23-18-8-3-5-15(11-18)14-28-22(26)19-12-16-6-1-2-7-17(16)13-24(19)21(25)20-9-4-10-27-20/h1-11,19H,12-14H2/t19-/m0/s1. The van der Waals surface area contributed by atoms with Gasteiger partial charge in [-0.3, -0.25) is 4.79 Å². The fraction of sp³-hybridized carbons (Fsp3) is 0.182. The van der Waals surface area contributed by atoms with E-state index < -0.39 is 12.0 Å². The van der Waals surface area contributed by atoms with Crippen LogP contribution < -0.4 is 0 Å². The minimum Gasteiger partial charge on any atom is -0.459 e. The average Bonchev–Trinajstić information content (AvgIpc) is 3.25. The van der Waals surface area contributed by atoms with Crippen molar-refractivity contribution in [3.8, 4) is 0 Å². The van der Waals surface area contributed by atoms with Gasteiger partial charge in [0.05, 0.1) is 6.26 Å². The molecule has 0 radical (unpaired) electrons. The first-order chi connectivity index (χ1) is 13.6. The quantitative estimate of drug-likeness (QED) is 0.620. The molecular formula is C22H18ClNO4. The first kappa shape index (κ1) is 18.3. The van der Waals surface area contributed by atoms with Gasteiger partial charge in [-0.05, 0) is 41.0 Å². The monoisotopic (exact) mass is 395 g/mol. The first-order valence-electron chi connectivity index (χ1n) is 8.94. The lowest BCUT2D eigenvalue weighted by molar-refractivity contribution is -0.151. The van der Waals surface area contributed by atoms with E-state index >= 15 is 0 Å². The highest BCUT2D eigenvalue weighted by Gasteiger charge is 2.37. The van der Waals surface area contributed by atoms with Gasteiger partial charge >= 0.3 is 5.97 Å². The van der Waals surface area contributed by atoms with E-state index in [1.165, 1.54) is 11.2 Å². The topological polar surface area (TPSA) is 59.8 Å². The summed E-state index contributed by atoms with van der Waals surface area (Å²) in [6.45, 7) is 0.424. The van der Waals surface area contributed by atoms with Crippen LogP contribution in [-0.2, 0) is 29.1 Å². The number of esters is 1. The lowest BCUT2D eigenvalue weighted by Gasteiger charge is -2.34. The van der Waals surface area contributed by atoms with Gasteiger partial charge in [0, 0.05) is 18.0 Å². The molecule has 6 heteroatoms. The molecule has 1 aliphatic rings. The largest absolute Gasteiger partial charge is 0.459 e. The Kier molecular flexibility index (Phi) is 5.17. The van der Waals surface area contributed by atoms with Crippen LogP contribution in [0, 0.1) is 0 Å². The van der Waals surface area contributed by atoms with E-state index in [0.29, 0.717) is 18.0 Å². The predicted molar refractivity (Wildman–Crippen MR) is 104 cm³/mol.